The molecule has 2 atom stereocenters. The van der Waals surface area contributed by atoms with Gasteiger partial charge in [0.25, 0.3) is 5.91 Å². The van der Waals surface area contributed by atoms with E-state index in [1.54, 1.807) is 12.1 Å². The molecular formula is C27H26N4O2. The van der Waals surface area contributed by atoms with Crippen molar-refractivity contribution < 1.29 is 9.21 Å². The van der Waals surface area contributed by atoms with E-state index >= 15 is 0 Å². The lowest BCUT2D eigenvalue weighted by molar-refractivity contribution is 0.0733. The molecule has 0 N–H and O–H groups in total. The summed E-state index contributed by atoms with van der Waals surface area (Å²) in [5, 5.41) is 8.36. The molecule has 6 nitrogen and oxygen atoms in total. The van der Waals surface area contributed by atoms with Gasteiger partial charge in [0, 0.05) is 42.1 Å². The fraction of sp³-hybridized carbons (Fsp3) is 0.333. The fourth-order valence-corrected chi connectivity index (χ4v) is 4.11. The molecule has 1 heterocycles. The first-order chi connectivity index (χ1) is 16.1. The Kier molecular flexibility index (Phi) is 6.86. The van der Waals surface area contributed by atoms with Crippen molar-refractivity contribution in [1.82, 2.24) is 15.1 Å². The highest BCUT2D eigenvalue weighted by atomic mass is 16.4. The summed E-state index contributed by atoms with van der Waals surface area (Å²) >= 11 is 0. The second-order valence-electron chi connectivity index (χ2n) is 8.35. The summed E-state index contributed by atoms with van der Waals surface area (Å²) in [6, 6.07) is 14.7. The molecule has 1 saturated carbocycles. The predicted octanol–water partition coefficient (Wildman–Crippen LogP) is 5.38. The summed E-state index contributed by atoms with van der Waals surface area (Å²) in [6.07, 6.45) is 4.49. The predicted molar refractivity (Wildman–Crippen MR) is 126 cm³/mol. The van der Waals surface area contributed by atoms with Crippen LogP contribution in [0.3, 0.4) is 0 Å². The van der Waals surface area contributed by atoms with Gasteiger partial charge >= 0.3 is 0 Å². The van der Waals surface area contributed by atoms with Gasteiger partial charge in [0.15, 0.2) is 5.69 Å². The minimum atomic E-state index is 0.00657. The number of hydrogen-bond donors (Lipinski definition) is 0. The van der Waals surface area contributed by atoms with Crippen molar-refractivity contribution in [1.29, 1.82) is 0 Å². The second-order valence-corrected chi connectivity index (χ2v) is 8.35. The van der Waals surface area contributed by atoms with Gasteiger partial charge in [0.05, 0.1) is 6.57 Å². The van der Waals surface area contributed by atoms with Crippen LogP contribution in [0.5, 0.6) is 0 Å². The molecule has 2 aromatic carbocycles. The third kappa shape index (κ3) is 5.30. The topological polar surface area (TPSA) is 63.6 Å². The van der Waals surface area contributed by atoms with Gasteiger partial charge in [0.2, 0.25) is 11.8 Å². The van der Waals surface area contributed by atoms with E-state index < -0.39 is 0 Å². The van der Waals surface area contributed by atoms with Crippen LogP contribution in [0.2, 0.25) is 0 Å². The Balaban J connectivity index is 1.36. The molecule has 6 heteroatoms. The van der Waals surface area contributed by atoms with Crippen LogP contribution < -0.4 is 0 Å². The number of hydrogen-bond acceptors (Lipinski definition) is 4. The molecule has 1 aromatic heterocycles. The Morgan fingerprint density at radius 1 is 1.09 bits per heavy atom. The summed E-state index contributed by atoms with van der Waals surface area (Å²) in [7, 11) is 1.87. The number of rotatable bonds is 5. The lowest BCUT2D eigenvalue weighted by atomic mass is 10.1. The lowest BCUT2D eigenvalue weighted by Crippen LogP contribution is -2.35. The van der Waals surface area contributed by atoms with Crippen molar-refractivity contribution in [2.24, 2.45) is 0 Å². The van der Waals surface area contributed by atoms with E-state index in [1.165, 1.54) is 0 Å². The second kappa shape index (κ2) is 10.1. The van der Waals surface area contributed by atoms with Gasteiger partial charge in [-0.25, -0.2) is 4.85 Å². The van der Waals surface area contributed by atoms with Crippen LogP contribution in [0.4, 0.5) is 5.69 Å². The van der Waals surface area contributed by atoms with Crippen molar-refractivity contribution in [2.45, 2.75) is 51.0 Å². The van der Waals surface area contributed by atoms with Gasteiger partial charge in [-0.15, -0.1) is 10.2 Å². The van der Waals surface area contributed by atoms with Gasteiger partial charge < -0.3 is 9.32 Å². The van der Waals surface area contributed by atoms with E-state index in [0.29, 0.717) is 23.0 Å². The third-order valence-electron chi connectivity index (χ3n) is 6.05. The Bertz CT molecular complexity index is 1210. The molecule has 33 heavy (non-hydrogen) atoms. The Morgan fingerprint density at radius 2 is 1.76 bits per heavy atom. The Morgan fingerprint density at radius 3 is 2.39 bits per heavy atom. The summed E-state index contributed by atoms with van der Waals surface area (Å²) in [4.78, 5) is 18.2. The molecule has 3 aromatic rings. The van der Waals surface area contributed by atoms with E-state index in [9.17, 15) is 4.79 Å². The van der Waals surface area contributed by atoms with Crippen LogP contribution in [0.15, 0.2) is 52.9 Å². The van der Waals surface area contributed by atoms with Gasteiger partial charge in [-0.3, -0.25) is 4.79 Å². The van der Waals surface area contributed by atoms with Crippen LogP contribution in [0.25, 0.3) is 4.85 Å². The summed E-state index contributed by atoms with van der Waals surface area (Å²) in [5.74, 6) is 7.82. The number of carbonyl (C=O) groups is 1. The molecule has 0 aliphatic heterocycles. The van der Waals surface area contributed by atoms with E-state index in [2.05, 4.69) is 33.8 Å². The van der Waals surface area contributed by atoms with Crippen LogP contribution in [0.1, 0.15) is 71.8 Å². The quantitative estimate of drug-likeness (QED) is 0.396. The number of amides is 1. The first-order valence-corrected chi connectivity index (χ1v) is 11.3. The largest absolute Gasteiger partial charge is 0.425 e. The molecular weight excluding hydrogens is 412 g/mol. The number of carbonyl (C=O) groups excluding carboxylic acids is 1. The van der Waals surface area contributed by atoms with Crippen molar-refractivity contribution in [3.05, 3.63) is 88.4 Å². The molecule has 0 radical (unpaired) electrons. The van der Waals surface area contributed by atoms with Crippen molar-refractivity contribution in [3.8, 4) is 11.8 Å². The number of benzene rings is 2. The Labute approximate surface area is 194 Å². The zero-order valence-corrected chi connectivity index (χ0v) is 18.9. The zero-order valence-electron chi connectivity index (χ0n) is 18.9. The van der Waals surface area contributed by atoms with Crippen LogP contribution in [-0.4, -0.2) is 34.1 Å². The molecule has 1 amide bonds. The first-order valence-electron chi connectivity index (χ1n) is 11.3. The zero-order chi connectivity index (χ0) is 23.2. The minimum absolute atomic E-state index is 0.00657. The molecule has 1 fully saturated rings. The van der Waals surface area contributed by atoms with E-state index in [1.807, 2.05) is 48.3 Å². The standard InChI is InChI=1S/C27H26N4O2/c1-4-5-25-29-30-26(33-25)22-14-17-24(18-22)31(3)27(32)21-12-8-19(9-13-21)6-7-20-10-15-23(28-2)16-11-20/h8-13,15-16,22,24H,4-5,14,17-18H2,1,3H3/t22-,24+/m0/s1. The Hall–Kier alpha value is -3.90. The number of nitrogens with zero attached hydrogens (tertiary/aromatic N) is 4. The van der Waals surface area contributed by atoms with Gasteiger partial charge in [-0.1, -0.05) is 43.0 Å². The van der Waals surface area contributed by atoms with E-state index in [0.717, 1.165) is 43.2 Å². The average Bonchev–Trinajstić information content (AvgIpc) is 3.53. The molecule has 4 rings (SSSR count). The normalized spacial score (nSPS) is 17.1. The lowest BCUT2D eigenvalue weighted by Gasteiger charge is -2.24. The van der Waals surface area contributed by atoms with Gasteiger partial charge in [0.1, 0.15) is 0 Å². The maximum Gasteiger partial charge on any atom is 0.253 e. The van der Waals surface area contributed by atoms with Crippen LogP contribution >= 0.6 is 0 Å². The van der Waals surface area contributed by atoms with Crippen LogP contribution in [-0.2, 0) is 6.42 Å². The smallest absolute Gasteiger partial charge is 0.253 e. The van der Waals surface area contributed by atoms with Crippen molar-refractivity contribution >= 4 is 11.6 Å². The number of aromatic nitrogens is 2. The molecule has 166 valence electrons. The van der Waals surface area contributed by atoms with Crippen LogP contribution in [0, 0.1) is 18.4 Å². The van der Waals surface area contributed by atoms with Crippen molar-refractivity contribution in [2.75, 3.05) is 7.05 Å². The average molecular weight is 439 g/mol. The van der Waals surface area contributed by atoms with Gasteiger partial charge in [-0.2, -0.15) is 0 Å². The molecule has 1 aliphatic rings. The third-order valence-corrected chi connectivity index (χ3v) is 6.05. The number of aryl methyl sites for hydroxylation is 1. The fourth-order valence-electron chi connectivity index (χ4n) is 4.11. The SMILES string of the molecule is [C-]#[N+]c1ccc(C#Cc2ccc(C(=O)N(C)[C@@H]3CC[C@H](c4nnc(CCC)o4)C3)cc2)cc1. The molecule has 0 saturated heterocycles. The highest BCUT2D eigenvalue weighted by molar-refractivity contribution is 5.94. The summed E-state index contributed by atoms with van der Waals surface area (Å²) < 4.78 is 5.81. The molecule has 0 bridgehead atoms. The summed E-state index contributed by atoms with van der Waals surface area (Å²) in [5.41, 5.74) is 2.93. The highest BCUT2D eigenvalue weighted by Gasteiger charge is 2.33. The minimum Gasteiger partial charge on any atom is -0.425 e. The van der Waals surface area contributed by atoms with E-state index in [4.69, 9.17) is 11.0 Å². The molecule has 0 spiro atoms. The highest BCUT2D eigenvalue weighted by Crippen LogP contribution is 2.36. The maximum atomic E-state index is 13.0. The first kappa shape index (κ1) is 22.3. The monoisotopic (exact) mass is 438 g/mol. The van der Waals surface area contributed by atoms with Crippen molar-refractivity contribution in [3.63, 3.8) is 0 Å². The molecule has 1 aliphatic carbocycles. The van der Waals surface area contributed by atoms with Gasteiger partial charge in [-0.05, 0) is 49.9 Å². The summed E-state index contributed by atoms with van der Waals surface area (Å²) in [6.45, 7) is 9.09. The maximum absolute atomic E-state index is 13.0. The molecule has 0 unspecified atom stereocenters. The van der Waals surface area contributed by atoms with E-state index in [-0.39, 0.29) is 17.9 Å².